The molecule has 1 heterocycles. The van der Waals surface area contributed by atoms with Crippen molar-refractivity contribution in [3.8, 4) is 0 Å². The summed E-state index contributed by atoms with van der Waals surface area (Å²) in [6.07, 6.45) is 4.69. The summed E-state index contributed by atoms with van der Waals surface area (Å²) in [4.78, 5) is 4.59. The van der Waals surface area contributed by atoms with Crippen molar-refractivity contribution in [2.45, 2.75) is 44.7 Å². The van der Waals surface area contributed by atoms with Gasteiger partial charge in [0.1, 0.15) is 0 Å². The average molecular weight is 391 g/mol. The zero-order valence-electron chi connectivity index (χ0n) is 16.6. The number of guanidine groups is 1. The Kier molecular flexibility index (Phi) is 7.47. The lowest BCUT2D eigenvalue weighted by Crippen LogP contribution is -2.46. The van der Waals surface area contributed by atoms with Crippen LogP contribution in [-0.2, 0) is 16.4 Å². The molecule has 0 aliphatic rings. The van der Waals surface area contributed by atoms with Gasteiger partial charge in [-0.15, -0.1) is 0 Å². The monoisotopic (exact) mass is 390 g/mol. The van der Waals surface area contributed by atoms with Gasteiger partial charge in [0.2, 0.25) is 0 Å². The average Bonchev–Trinajstić information content (AvgIpc) is 3.15. The summed E-state index contributed by atoms with van der Waals surface area (Å²) in [5.41, 5.74) is 2.07. The Balaban J connectivity index is 1.96. The van der Waals surface area contributed by atoms with Gasteiger partial charge in [0.05, 0.1) is 10.6 Å². The van der Waals surface area contributed by atoms with E-state index in [0.717, 1.165) is 17.7 Å². The molecule has 27 heavy (non-hydrogen) atoms. The zero-order chi connectivity index (χ0) is 19.9. The van der Waals surface area contributed by atoms with Gasteiger partial charge in [-0.1, -0.05) is 13.0 Å². The number of nitrogens with one attached hydrogen (secondary N) is 2. The van der Waals surface area contributed by atoms with E-state index in [-0.39, 0.29) is 11.8 Å². The molecule has 0 aliphatic carbocycles. The molecule has 1 unspecified atom stereocenters. The van der Waals surface area contributed by atoms with Crippen molar-refractivity contribution < 1.29 is 8.42 Å². The predicted molar refractivity (Wildman–Crippen MR) is 111 cm³/mol. The summed E-state index contributed by atoms with van der Waals surface area (Å²) >= 11 is 0. The van der Waals surface area contributed by atoms with Gasteiger partial charge in [-0.2, -0.15) is 0 Å². The van der Waals surface area contributed by atoms with Crippen LogP contribution in [0.25, 0.3) is 0 Å². The van der Waals surface area contributed by atoms with E-state index in [1.165, 1.54) is 0 Å². The first-order valence-electron chi connectivity index (χ1n) is 9.23. The molecule has 148 valence electrons. The van der Waals surface area contributed by atoms with Crippen LogP contribution in [0.15, 0.2) is 52.6 Å². The molecule has 2 rings (SSSR count). The molecule has 0 bridgehead atoms. The van der Waals surface area contributed by atoms with Crippen LogP contribution in [0.1, 0.15) is 24.5 Å². The van der Waals surface area contributed by atoms with Crippen molar-refractivity contribution in [2.75, 3.05) is 19.3 Å². The van der Waals surface area contributed by atoms with Gasteiger partial charge in [0.15, 0.2) is 15.8 Å². The number of hydrogen-bond acceptors (Lipinski definition) is 3. The Hall–Kier alpha value is -2.28. The second-order valence-corrected chi connectivity index (χ2v) is 8.73. The molecule has 0 fully saturated rings. The minimum absolute atomic E-state index is 0.0320. The van der Waals surface area contributed by atoms with Crippen LogP contribution in [0.2, 0.25) is 0 Å². The number of sulfone groups is 1. The lowest BCUT2D eigenvalue weighted by atomic mass is 10.1. The smallest absolute Gasteiger partial charge is 0.191 e. The Morgan fingerprint density at radius 1 is 1.19 bits per heavy atom. The SMILES string of the molecule is CCC(CS(=O)(=O)c1ccc(C)c(C)c1)NC(=NC)NCCn1cccc1. The summed E-state index contributed by atoms with van der Waals surface area (Å²) in [5, 5.41) is 6.47. The highest BCUT2D eigenvalue weighted by molar-refractivity contribution is 7.91. The fraction of sp³-hybridized carbons (Fsp3) is 0.450. The number of hydrogen-bond donors (Lipinski definition) is 2. The number of aliphatic imine (C=N–C) groups is 1. The fourth-order valence-electron chi connectivity index (χ4n) is 2.74. The molecule has 1 aromatic heterocycles. The third-order valence-electron chi connectivity index (χ3n) is 4.64. The van der Waals surface area contributed by atoms with E-state index in [1.807, 2.05) is 51.4 Å². The Morgan fingerprint density at radius 2 is 1.89 bits per heavy atom. The molecular formula is C20H30N4O2S. The van der Waals surface area contributed by atoms with E-state index in [0.29, 0.717) is 23.8 Å². The van der Waals surface area contributed by atoms with Crippen LogP contribution in [-0.4, -0.2) is 44.3 Å². The quantitative estimate of drug-likeness (QED) is 0.536. The summed E-state index contributed by atoms with van der Waals surface area (Å²) < 4.78 is 27.7. The lowest BCUT2D eigenvalue weighted by molar-refractivity contribution is 0.567. The van der Waals surface area contributed by atoms with Crippen LogP contribution in [0.3, 0.4) is 0 Å². The van der Waals surface area contributed by atoms with E-state index >= 15 is 0 Å². The fourth-order valence-corrected chi connectivity index (χ4v) is 4.41. The normalized spacial score (nSPS) is 13.4. The summed E-state index contributed by atoms with van der Waals surface area (Å²) in [6, 6.07) is 9.05. The standard InChI is InChI=1S/C20H30N4O2S/c1-5-18(15-27(25,26)19-9-8-16(2)17(3)14-19)23-20(21-4)22-10-13-24-11-6-7-12-24/h6-9,11-12,14,18H,5,10,13,15H2,1-4H3,(H2,21,22,23). The third-order valence-corrected chi connectivity index (χ3v) is 6.46. The van der Waals surface area contributed by atoms with Crippen LogP contribution in [0.5, 0.6) is 0 Å². The molecule has 0 saturated heterocycles. The Labute approximate surface area is 162 Å². The van der Waals surface area contributed by atoms with Gasteiger partial charge in [0.25, 0.3) is 0 Å². The van der Waals surface area contributed by atoms with Crippen molar-refractivity contribution >= 4 is 15.8 Å². The first kappa shape index (κ1) is 21.0. The predicted octanol–water partition coefficient (Wildman–Crippen LogP) is 2.52. The van der Waals surface area contributed by atoms with Gasteiger partial charge < -0.3 is 15.2 Å². The molecule has 1 aromatic carbocycles. The first-order chi connectivity index (χ1) is 12.9. The molecule has 0 saturated carbocycles. The van der Waals surface area contributed by atoms with Gasteiger partial charge >= 0.3 is 0 Å². The summed E-state index contributed by atoms with van der Waals surface area (Å²) in [7, 11) is -1.68. The molecule has 6 nitrogen and oxygen atoms in total. The highest BCUT2D eigenvalue weighted by atomic mass is 32.2. The van der Waals surface area contributed by atoms with Gasteiger partial charge in [-0.3, -0.25) is 4.99 Å². The zero-order valence-corrected chi connectivity index (χ0v) is 17.4. The third kappa shape index (κ3) is 6.13. The largest absolute Gasteiger partial charge is 0.355 e. The molecule has 0 radical (unpaired) electrons. The number of rotatable bonds is 8. The molecular weight excluding hydrogens is 360 g/mol. The highest BCUT2D eigenvalue weighted by Crippen LogP contribution is 2.17. The maximum absolute atomic E-state index is 12.8. The van der Waals surface area contributed by atoms with Crippen LogP contribution < -0.4 is 10.6 Å². The maximum Gasteiger partial charge on any atom is 0.191 e. The topological polar surface area (TPSA) is 75.5 Å². The van der Waals surface area contributed by atoms with E-state index in [9.17, 15) is 8.42 Å². The summed E-state index contributed by atoms with van der Waals surface area (Å²) in [6.45, 7) is 7.40. The molecule has 1 atom stereocenters. The Bertz CT molecular complexity index is 858. The minimum atomic E-state index is -3.37. The van der Waals surface area contributed by atoms with Crippen LogP contribution in [0.4, 0.5) is 0 Å². The number of aromatic nitrogens is 1. The maximum atomic E-state index is 12.8. The molecule has 0 spiro atoms. The second kappa shape index (κ2) is 9.60. The van der Waals surface area contributed by atoms with Crippen molar-refractivity contribution in [3.05, 3.63) is 53.9 Å². The van der Waals surface area contributed by atoms with Gasteiger partial charge in [-0.25, -0.2) is 8.42 Å². The van der Waals surface area contributed by atoms with E-state index in [4.69, 9.17) is 0 Å². The number of aryl methyl sites for hydroxylation is 2. The van der Waals surface area contributed by atoms with E-state index < -0.39 is 9.84 Å². The molecule has 2 aromatic rings. The lowest BCUT2D eigenvalue weighted by Gasteiger charge is -2.20. The van der Waals surface area contributed by atoms with Crippen molar-refractivity contribution in [3.63, 3.8) is 0 Å². The minimum Gasteiger partial charge on any atom is -0.355 e. The van der Waals surface area contributed by atoms with Crippen molar-refractivity contribution in [2.24, 2.45) is 4.99 Å². The van der Waals surface area contributed by atoms with Gasteiger partial charge in [-0.05, 0) is 55.7 Å². The van der Waals surface area contributed by atoms with Gasteiger partial charge in [0, 0.05) is 38.6 Å². The molecule has 7 heteroatoms. The van der Waals surface area contributed by atoms with E-state index in [1.54, 1.807) is 19.2 Å². The van der Waals surface area contributed by atoms with Crippen molar-refractivity contribution in [1.29, 1.82) is 0 Å². The van der Waals surface area contributed by atoms with E-state index in [2.05, 4.69) is 20.2 Å². The number of benzene rings is 1. The Morgan fingerprint density at radius 3 is 2.48 bits per heavy atom. The number of nitrogens with zero attached hydrogens (tertiary/aromatic N) is 2. The molecule has 0 aliphatic heterocycles. The van der Waals surface area contributed by atoms with Crippen molar-refractivity contribution in [1.82, 2.24) is 15.2 Å². The van der Waals surface area contributed by atoms with Crippen LogP contribution >= 0.6 is 0 Å². The first-order valence-corrected chi connectivity index (χ1v) is 10.9. The highest BCUT2D eigenvalue weighted by Gasteiger charge is 2.21. The summed E-state index contributed by atoms with van der Waals surface area (Å²) in [5.74, 6) is 0.647. The molecule has 0 amide bonds. The second-order valence-electron chi connectivity index (χ2n) is 6.70. The van der Waals surface area contributed by atoms with Crippen LogP contribution in [0, 0.1) is 13.8 Å². The molecule has 2 N–H and O–H groups in total.